The molecular formula is C12H14ClN5O2. The molecule has 0 aliphatic heterocycles. The van der Waals surface area contributed by atoms with E-state index in [9.17, 15) is 9.59 Å². The Kier molecular flexibility index (Phi) is 4.19. The number of aromatic nitrogens is 4. The monoisotopic (exact) mass is 295 g/mol. The van der Waals surface area contributed by atoms with Crippen LogP contribution in [-0.2, 0) is 11.3 Å². The van der Waals surface area contributed by atoms with E-state index >= 15 is 0 Å². The van der Waals surface area contributed by atoms with E-state index < -0.39 is 6.04 Å². The maximum absolute atomic E-state index is 12.0. The molecule has 2 aromatic heterocycles. The first-order valence-corrected chi connectivity index (χ1v) is 6.37. The molecule has 7 nitrogen and oxygen atoms in total. The summed E-state index contributed by atoms with van der Waals surface area (Å²) in [6, 6.07) is 0.855. The zero-order valence-corrected chi connectivity index (χ0v) is 11.8. The average molecular weight is 296 g/mol. The summed E-state index contributed by atoms with van der Waals surface area (Å²) in [6.45, 7) is 3.57. The summed E-state index contributed by atoms with van der Waals surface area (Å²) >= 11 is 5.75. The van der Waals surface area contributed by atoms with Crippen molar-refractivity contribution in [1.29, 1.82) is 0 Å². The highest BCUT2D eigenvalue weighted by Gasteiger charge is 2.15. The SMILES string of the molecule is Cc1nc(CNC(=O)[C@@H](C)n2cc(Cl)cn2)cc(=O)[nH]1. The lowest BCUT2D eigenvalue weighted by Gasteiger charge is -2.12. The van der Waals surface area contributed by atoms with E-state index in [2.05, 4.69) is 20.4 Å². The third-order valence-electron chi connectivity index (χ3n) is 2.70. The number of amides is 1. The van der Waals surface area contributed by atoms with Gasteiger partial charge in [0.25, 0.3) is 5.56 Å². The van der Waals surface area contributed by atoms with Crippen LogP contribution in [0.15, 0.2) is 23.3 Å². The van der Waals surface area contributed by atoms with Gasteiger partial charge in [0.15, 0.2) is 0 Å². The fourth-order valence-corrected chi connectivity index (χ4v) is 1.85. The summed E-state index contributed by atoms with van der Waals surface area (Å²) < 4.78 is 1.47. The first kappa shape index (κ1) is 14.3. The van der Waals surface area contributed by atoms with E-state index in [1.54, 1.807) is 20.0 Å². The molecule has 1 amide bonds. The van der Waals surface area contributed by atoms with Gasteiger partial charge in [0.05, 0.1) is 23.5 Å². The van der Waals surface area contributed by atoms with Crippen molar-refractivity contribution in [2.24, 2.45) is 0 Å². The first-order chi connectivity index (χ1) is 9.45. The number of aromatic amines is 1. The molecule has 0 saturated heterocycles. The molecular weight excluding hydrogens is 282 g/mol. The van der Waals surface area contributed by atoms with Gasteiger partial charge in [-0.25, -0.2) is 4.98 Å². The van der Waals surface area contributed by atoms with Crippen LogP contribution >= 0.6 is 11.6 Å². The Balaban J connectivity index is 1.99. The molecule has 8 heteroatoms. The van der Waals surface area contributed by atoms with Gasteiger partial charge >= 0.3 is 0 Å². The van der Waals surface area contributed by atoms with Crippen molar-refractivity contribution in [3.05, 3.63) is 45.4 Å². The van der Waals surface area contributed by atoms with E-state index in [1.807, 2.05) is 0 Å². The second kappa shape index (κ2) is 5.87. The van der Waals surface area contributed by atoms with Gasteiger partial charge in [-0.1, -0.05) is 11.6 Å². The summed E-state index contributed by atoms with van der Waals surface area (Å²) in [6.07, 6.45) is 3.04. The number of carbonyl (C=O) groups excluding carboxylic acids is 1. The standard InChI is InChI=1S/C12H14ClN5O2/c1-7(18-6-9(13)4-15-18)12(20)14-5-10-3-11(19)17-8(2)16-10/h3-4,6-7H,5H2,1-2H3,(H,14,20)(H,16,17,19)/t7-/m1/s1. The maximum atomic E-state index is 12.0. The molecule has 20 heavy (non-hydrogen) atoms. The molecule has 2 aromatic rings. The second-order valence-electron chi connectivity index (χ2n) is 4.35. The fourth-order valence-electron chi connectivity index (χ4n) is 1.70. The van der Waals surface area contributed by atoms with Gasteiger partial charge in [0, 0.05) is 12.3 Å². The minimum Gasteiger partial charge on any atom is -0.349 e. The maximum Gasteiger partial charge on any atom is 0.251 e. The van der Waals surface area contributed by atoms with Crippen LogP contribution < -0.4 is 10.9 Å². The number of aryl methyl sites for hydroxylation is 1. The quantitative estimate of drug-likeness (QED) is 0.873. The Hall–Kier alpha value is -2.15. The van der Waals surface area contributed by atoms with Crippen LogP contribution in [0.3, 0.4) is 0 Å². The van der Waals surface area contributed by atoms with E-state index in [0.717, 1.165) is 0 Å². The lowest BCUT2D eigenvalue weighted by atomic mass is 10.3. The molecule has 106 valence electrons. The minimum atomic E-state index is -0.495. The predicted octanol–water partition coefficient (Wildman–Crippen LogP) is 0.806. The third-order valence-corrected chi connectivity index (χ3v) is 2.90. The summed E-state index contributed by atoms with van der Waals surface area (Å²) in [4.78, 5) is 29.9. The number of nitrogens with zero attached hydrogens (tertiary/aromatic N) is 3. The van der Waals surface area contributed by atoms with Crippen molar-refractivity contribution in [2.45, 2.75) is 26.4 Å². The topological polar surface area (TPSA) is 92.7 Å². The number of rotatable bonds is 4. The van der Waals surface area contributed by atoms with Crippen molar-refractivity contribution >= 4 is 17.5 Å². The molecule has 2 heterocycles. The van der Waals surface area contributed by atoms with Gasteiger partial charge in [-0.3, -0.25) is 14.3 Å². The van der Waals surface area contributed by atoms with E-state index in [-0.39, 0.29) is 18.0 Å². The van der Waals surface area contributed by atoms with Crippen LogP contribution in [0, 0.1) is 6.92 Å². The Morgan fingerprint density at radius 1 is 1.60 bits per heavy atom. The number of hydrogen-bond acceptors (Lipinski definition) is 4. The summed E-state index contributed by atoms with van der Waals surface area (Å²) in [5.41, 5.74) is 0.263. The number of nitrogens with one attached hydrogen (secondary N) is 2. The van der Waals surface area contributed by atoms with Gasteiger partial charge in [0.1, 0.15) is 11.9 Å². The molecule has 0 saturated carbocycles. The minimum absolute atomic E-state index is 0.183. The van der Waals surface area contributed by atoms with Crippen LogP contribution in [0.4, 0.5) is 0 Å². The molecule has 2 rings (SSSR count). The number of halogens is 1. The lowest BCUT2D eigenvalue weighted by Crippen LogP contribution is -2.31. The molecule has 0 aliphatic carbocycles. The van der Waals surface area contributed by atoms with Gasteiger partial charge in [-0.2, -0.15) is 5.10 Å². The molecule has 0 radical (unpaired) electrons. The molecule has 0 unspecified atom stereocenters. The van der Waals surface area contributed by atoms with Crippen molar-refractivity contribution in [1.82, 2.24) is 25.1 Å². The highest BCUT2D eigenvalue weighted by atomic mass is 35.5. The number of H-pyrrole nitrogens is 1. The second-order valence-corrected chi connectivity index (χ2v) is 4.79. The van der Waals surface area contributed by atoms with Crippen molar-refractivity contribution in [2.75, 3.05) is 0 Å². The van der Waals surface area contributed by atoms with Gasteiger partial charge < -0.3 is 10.3 Å². The summed E-state index contributed by atoms with van der Waals surface area (Å²) in [5, 5.41) is 7.15. The molecule has 0 bridgehead atoms. The van der Waals surface area contributed by atoms with Crippen LogP contribution in [0.25, 0.3) is 0 Å². The fraction of sp³-hybridized carbons (Fsp3) is 0.333. The van der Waals surface area contributed by atoms with Crippen LogP contribution in [0.1, 0.15) is 24.5 Å². The predicted molar refractivity (Wildman–Crippen MR) is 73.4 cm³/mol. The Labute approximate surface area is 120 Å². The van der Waals surface area contributed by atoms with E-state index in [4.69, 9.17) is 11.6 Å². The van der Waals surface area contributed by atoms with Gasteiger partial charge in [-0.15, -0.1) is 0 Å². The highest BCUT2D eigenvalue weighted by molar-refractivity contribution is 6.30. The summed E-state index contributed by atoms with van der Waals surface area (Å²) in [5.74, 6) is 0.276. The van der Waals surface area contributed by atoms with Crippen LogP contribution in [0.5, 0.6) is 0 Å². The van der Waals surface area contributed by atoms with E-state index in [1.165, 1.54) is 16.9 Å². The van der Waals surface area contributed by atoms with Crippen LogP contribution in [-0.4, -0.2) is 25.7 Å². The zero-order chi connectivity index (χ0) is 14.7. The van der Waals surface area contributed by atoms with Gasteiger partial charge in [0.2, 0.25) is 5.91 Å². The average Bonchev–Trinajstić information content (AvgIpc) is 2.80. The molecule has 2 N–H and O–H groups in total. The third kappa shape index (κ3) is 3.45. The highest BCUT2D eigenvalue weighted by Crippen LogP contribution is 2.10. The molecule has 0 spiro atoms. The molecule has 0 aromatic carbocycles. The van der Waals surface area contributed by atoms with Crippen molar-refractivity contribution < 1.29 is 4.79 Å². The Morgan fingerprint density at radius 2 is 2.35 bits per heavy atom. The number of carbonyl (C=O) groups is 1. The van der Waals surface area contributed by atoms with Gasteiger partial charge in [-0.05, 0) is 13.8 Å². The molecule has 0 fully saturated rings. The Morgan fingerprint density at radius 3 is 2.95 bits per heavy atom. The summed E-state index contributed by atoms with van der Waals surface area (Å²) in [7, 11) is 0. The molecule has 1 atom stereocenters. The Bertz CT molecular complexity index is 678. The molecule has 0 aliphatic rings. The number of hydrogen-bond donors (Lipinski definition) is 2. The largest absolute Gasteiger partial charge is 0.349 e. The van der Waals surface area contributed by atoms with Crippen molar-refractivity contribution in [3.8, 4) is 0 Å². The normalized spacial score (nSPS) is 12.2. The van der Waals surface area contributed by atoms with Crippen molar-refractivity contribution in [3.63, 3.8) is 0 Å². The first-order valence-electron chi connectivity index (χ1n) is 6.00. The van der Waals surface area contributed by atoms with E-state index in [0.29, 0.717) is 16.5 Å². The smallest absolute Gasteiger partial charge is 0.251 e. The van der Waals surface area contributed by atoms with Crippen LogP contribution in [0.2, 0.25) is 5.02 Å². The zero-order valence-electron chi connectivity index (χ0n) is 11.1. The lowest BCUT2D eigenvalue weighted by molar-refractivity contribution is -0.124.